The van der Waals surface area contributed by atoms with E-state index in [1.807, 2.05) is 36.5 Å². The number of aromatic nitrogens is 3. The zero-order valence-corrected chi connectivity index (χ0v) is 37.1. The van der Waals surface area contributed by atoms with Crippen molar-refractivity contribution in [3.63, 3.8) is 0 Å². The Bertz CT molecular complexity index is 2280. The van der Waals surface area contributed by atoms with Crippen LogP contribution in [0.2, 0.25) is 17.3 Å². The minimum absolute atomic E-state index is 0. The molecule has 4 aromatic heterocycles. The molecule has 7 aromatic rings. The van der Waals surface area contributed by atoms with Crippen LogP contribution < -0.4 is 4.40 Å². The van der Waals surface area contributed by atoms with Crippen molar-refractivity contribution in [1.29, 1.82) is 0 Å². The van der Waals surface area contributed by atoms with Gasteiger partial charge in [-0.1, -0.05) is 62.6 Å². The molecule has 4 nitrogen and oxygen atoms in total. The van der Waals surface area contributed by atoms with Gasteiger partial charge in [-0.25, -0.2) is 4.98 Å². The Morgan fingerprint density at radius 3 is 2.09 bits per heavy atom. The van der Waals surface area contributed by atoms with Crippen molar-refractivity contribution in [1.82, 2.24) is 15.0 Å². The van der Waals surface area contributed by atoms with E-state index in [1.165, 1.54) is 15.5 Å². The summed E-state index contributed by atoms with van der Waals surface area (Å²) in [5.74, 6) is 7.33. The van der Waals surface area contributed by atoms with Crippen LogP contribution >= 0.6 is 0 Å². The van der Waals surface area contributed by atoms with Gasteiger partial charge in [-0.2, -0.15) is 0 Å². The minimum Gasteiger partial charge on any atom is -0.486 e. The van der Waals surface area contributed by atoms with Gasteiger partial charge in [0.05, 0.1) is 5.58 Å². The van der Waals surface area contributed by atoms with Crippen LogP contribution in [0.15, 0.2) is 114 Å². The van der Waals surface area contributed by atoms with Crippen molar-refractivity contribution >= 4 is 39.7 Å². The largest absolute Gasteiger partial charge is 0.486 e. The van der Waals surface area contributed by atoms with E-state index >= 15 is 0 Å². The monoisotopic (exact) mass is 940 g/mol. The van der Waals surface area contributed by atoms with E-state index in [-0.39, 0.29) is 25.5 Å². The van der Waals surface area contributed by atoms with Crippen LogP contribution in [0.4, 0.5) is 0 Å². The number of benzene rings is 3. The van der Waals surface area contributed by atoms with E-state index in [1.54, 1.807) is 6.20 Å². The number of rotatable bonds is 8. The topological polar surface area (TPSA) is 51.8 Å². The molecule has 0 aliphatic carbocycles. The van der Waals surface area contributed by atoms with Crippen LogP contribution in [0.25, 0.3) is 55.7 Å². The first kappa shape index (κ1) is 40.3. The van der Waals surface area contributed by atoms with Crippen LogP contribution in [0.5, 0.6) is 0 Å². The van der Waals surface area contributed by atoms with E-state index in [2.05, 4.69) is 148 Å². The molecular weight excluding hydrogens is 887 g/mol. The predicted octanol–water partition coefficient (Wildman–Crippen LogP) is 12.3. The van der Waals surface area contributed by atoms with Crippen LogP contribution in [0.3, 0.4) is 0 Å². The van der Waals surface area contributed by atoms with E-state index in [0.717, 1.165) is 69.3 Å². The molecule has 0 amide bonds. The fourth-order valence-corrected chi connectivity index (χ4v) is 10.2. The van der Waals surface area contributed by atoms with Crippen molar-refractivity contribution in [2.24, 2.45) is 5.41 Å². The number of fused-ring (bicyclic) bond motifs is 3. The molecule has 0 atom stereocenters. The van der Waals surface area contributed by atoms with Gasteiger partial charge in [-0.3, -0.25) is 0 Å². The quantitative estimate of drug-likeness (QED) is 0.113. The van der Waals surface area contributed by atoms with Crippen molar-refractivity contribution in [2.75, 3.05) is 0 Å². The summed E-state index contributed by atoms with van der Waals surface area (Å²) in [6.07, 6.45) is 9.14. The average molecular weight is 939 g/mol. The fourth-order valence-electron chi connectivity index (χ4n) is 6.85. The van der Waals surface area contributed by atoms with E-state index in [0.29, 0.717) is 11.1 Å². The van der Waals surface area contributed by atoms with Gasteiger partial charge in [-0.05, 0) is 52.8 Å². The van der Waals surface area contributed by atoms with Crippen molar-refractivity contribution in [2.45, 2.75) is 83.5 Å². The number of pyridine rings is 3. The molecule has 0 unspecified atom stereocenters. The van der Waals surface area contributed by atoms with Gasteiger partial charge < -0.3 is 9.40 Å². The Morgan fingerprint density at radius 2 is 1.43 bits per heavy atom. The van der Waals surface area contributed by atoms with Gasteiger partial charge in [0, 0.05) is 37.9 Å². The molecule has 0 aliphatic heterocycles. The number of nitrogens with zero attached hydrogens (tertiary/aromatic N) is 3. The van der Waals surface area contributed by atoms with Crippen LogP contribution in [0.1, 0.15) is 65.5 Å². The molecule has 0 spiro atoms. The van der Waals surface area contributed by atoms with Gasteiger partial charge in [0.2, 0.25) is 5.71 Å². The molecule has 3 aromatic carbocycles. The summed E-state index contributed by atoms with van der Waals surface area (Å²) < 4.78 is 7.59. The van der Waals surface area contributed by atoms with Gasteiger partial charge in [0.25, 0.3) is 0 Å². The first-order chi connectivity index (χ1) is 24.8. The molecule has 53 heavy (non-hydrogen) atoms. The molecule has 0 saturated heterocycles. The Morgan fingerprint density at radius 1 is 0.736 bits per heavy atom. The summed E-state index contributed by atoms with van der Waals surface area (Å²) in [5, 5.41) is 2.07. The molecule has 0 saturated carbocycles. The van der Waals surface area contributed by atoms with E-state index < -0.39 is 13.3 Å². The van der Waals surface area contributed by atoms with Gasteiger partial charge in [0.1, 0.15) is 0 Å². The maximum atomic E-state index is 6.06. The smallest absolute Gasteiger partial charge is 0.216 e. The van der Waals surface area contributed by atoms with Crippen molar-refractivity contribution in [3.05, 3.63) is 133 Å². The van der Waals surface area contributed by atoms with Crippen LogP contribution in [0, 0.1) is 17.5 Å². The fraction of sp³-hybridized carbons (Fsp3) is 0.298. The van der Waals surface area contributed by atoms with Gasteiger partial charge >= 0.3 is 132 Å². The molecule has 4 heterocycles. The van der Waals surface area contributed by atoms with Gasteiger partial charge in [0.15, 0.2) is 0 Å². The third-order valence-electron chi connectivity index (χ3n) is 10.2. The van der Waals surface area contributed by atoms with E-state index in [4.69, 9.17) is 9.40 Å². The molecule has 0 N–H and O–H groups in total. The molecule has 0 aliphatic rings. The SMILES string of the molecule is CC(C)(C)Cc1cc(-c2[c-]cccc2)nc[c]1[Ge]([CH3])([CH3])[CH3].CCC(C)(CC)c1ccnc(-c2[c-]cc3oc4nccc(-c5ccccc5)c4c3c2)c1.[Ir]. The summed E-state index contributed by atoms with van der Waals surface area (Å²) in [6.45, 7) is 13.7. The normalized spacial score (nSPS) is 11.9. The second kappa shape index (κ2) is 16.6. The van der Waals surface area contributed by atoms with Crippen LogP contribution in [-0.2, 0) is 31.9 Å². The molecule has 6 heteroatoms. The second-order valence-electron chi connectivity index (χ2n) is 16.3. The summed E-state index contributed by atoms with van der Waals surface area (Å²) in [6, 6.07) is 37.9. The van der Waals surface area contributed by atoms with Gasteiger partial charge in [-0.15, -0.1) is 23.8 Å². The average Bonchev–Trinajstić information content (AvgIpc) is 3.53. The molecule has 0 fully saturated rings. The Kier molecular flexibility index (Phi) is 12.6. The Labute approximate surface area is 332 Å². The number of hydrogen-bond donors (Lipinski definition) is 0. The third-order valence-corrected chi connectivity index (χ3v) is 14.5. The minimum atomic E-state index is -1.90. The van der Waals surface area contributed by atoms with Crippen molar-refractivity contribution in [3.8, 4) is 33.6 Å². The zero-order valence-electron chi connectivity index (χ0n) is 32.6. The Balaban J connectivity index is 0.000000216. The summed E-state index contributed by atoms with van der Waals surface area (Å²) >= 11 is -1.90. The summed E-state index contributed by atoms with van der Waals surface area (Å²) in [7, 11) is 0. The zero-order chi connectivity index (χ0) is 37.1. The first-order valence-electron chi connectivity index (χ1n) is 18.5. The van der Waals surface area contributed by atoms with E-state index in [9.17, 15) is 0 Å². The Hall–Kier alpha value is -3.90. The maximum absolute atomic E-state index is 6.06. The summed E-state index contributed by atoms with van der Waals surface area (Å²) in [5.41, 5.74) is 11.0. The predicted molar refractivity (Wildman–Crippen MR) is 222 cm³/mol. The number of hydrogen-bond acceptors (Lipinski definition) is 4. The molecule has 1 radical (unpaired) electrons. The van der Waals surface area contributed by atoms with Crippen molar-refractivity contribution < 1.29 is 24.5 Å². The standard InChI is InChI=1S/C28H25N2O.C19H26GeN.Ir/c1-4-28(3,5-2)21-13-15-29-24(18-21)20-11-12-25-23(17-20)26-22(14-16-30-27(26)31-25)19-9-7-6-8-10-19;1-19(2,3)13-16-12-18(15-10-8-7-9-11-15)21-14-17(16)20(4,5)6;/h6-10,12-18H,4-5H2,1-3H3;7-10,12,14H,13H2,1-6H3;/q2*-1;. The van der Waals surface area contributed by atoms with Crippen LogP contribution in [-0.4, -0.2) is 28.2 Å². The first-order valence-corrected chi connectivity index (χ1v) is 25.9. The molecule has 275 valence electrons. The number of furan rings is 1. The second-order valence-corrected chi connectivity index (χ2v) is 26.9. The molecular formula is C47H51GeIrN3O-2. The molecule has 7 rings (SSSR count). The molecule has 0 bridgehead atoms. The third kappa shape index (κ3) is 9.26. The summed E-state index contributed by atoms with van der Waals surface area (Å²) in [4.78, 5) is 13.9. The maximum Gasteiger partial charge on any atom is 0.216 e.